The Morgan fingerprint density at radius 3 is 2.26 bits per heavy atom. The van der Waals surface area contributed by atoms with Crippen molar-refractivity contribution in [3.8, 4) is 38.3 Å². The molecule has 0 N–H and O–H groups in total. The standard InChI is InChI=1S/C22H20N2OS2/c1-4-25-18-11-9-16(10-12-18)19-13-26-21(23-19)22-24-20(15(3)27-22)17-7-5-14(2)6-8-17/h5-13H,4H2,1-3H3. The van der Waals surface area contributed by atoms with Crippen molar-refractivity contribution in [2.45, 2.75) is 20.8 Å². The number of ether oxygens (including phenoxy) is 1. The Kier molecular flexibility index (Phi) is 5.05. The average Bonchev–Trinajstić information content (AvgIpc) is 3.30. The lowest BCUT2D eigenvalue weighted by Crippen LogP contribution is -1.90. The molecular formula is C22H20N2OS2. The van der Waals surface area contributed by atoms with Crippen LogP contribution >= 0.6 is 22.7 Å². The summed E-state index contributed by atoms with van der Waals surface area (Å²) in [5.41, 5.74) is 5.53. The molecule has 0 radical (unpaired) electrons. The van der Waals surface area contributed by atoms with Gasteiger partial charge in [-0.2, -0.15) is 0 Å². The molecule has 0 atom stereocenters. The quantitative estimate of drug-likeness (QED) is 0.383. The Morgan fingerprint density at radius 1 is 0.852 bits per heavy atom. The van der Waals surface area contributed by atoms with Crippen molar-refractivity contribution in [1.29, 1.82) is 0 Å². The van der Waals surface area contributed by atoms with E-state index in [1.165, 1.54) is 10.4 Å². The summed E-state index contributed by atoms with van der Waals surface area (Å²) in [5, 5.41) is 4.03. The van der Waals surface area contributed by atoms with E-state index in [0.717, 1.165) is 38.3 Å². The van der Waals surface area contributed by atoms with Gasteiger partial charge in [0.2, 0.25) is 0 Å². The zero-order valence-corrected chi connectivity index (χ0v) is 17.2. The number of nitrogens with zero attached hydrogens (tertiary/aromatic N) is 2. The molecule has 0 amide bonds. The Hall–Kier alpha value is -2.50. The van der Waals surface area contributed by atoms with E-state index in [1.807, 2.05) is 19.1 Å². The smallest absolute Gasteiger partial charge is 0.153 e. The molecule has 0 saturated heterocycles. The fourth-order valence-corrected chi connectivity index (χ4v) is 4.66. The van der Waals surface area contributed by atoms with Crippen LogP contribution in [0.3, 0.4) is 0 Å². The maximum Gasteiger partial charge on any atom is 0.153 e. The minimum atomic E-state index is 0.674. The van der Waals surface area contributed by atoms with Gasteiger partial charge < -0.3 is 4.74 Å². The largest absolute Gasteiger partial charge is 0.494 e. The first-order valence-corrected chi connectivity index (χ1v) is 10.6. The Balaban J connectivity index is 1.62. The van der Waals surface area contributed by atoms with Gasteiger partial charge >= 0.3 is 0 Å². The summed E-state index contributed by atoms with van der Waals surface area (Å²) in [4.78, 5) is 10.9. The molecule has 4 rings (SSSR count). The van der Waals surface area contributed by atoms with E-state index in [-0.39, 0.29) is 0 Å². The minimum absolute atomic E-state index is 0.674. The van der Waals surface area contributed by atoms with Gasteiger partial charge in [-0.1, -0.05) is 29.8 Å². The van der Waals surface area contributed by atoms with Crippen LogP contribution in [0, 0.1) is 13.8 Å². The van der Waals surface area contributed by atoms with Crippen LogP contribution < -0.4 is 4.74 Å². The molecule has 0 aliphatic carbocycles. The lowest BCUT2D eigenvalue weighted by Gasteiger charge is -2.03. The van der Waals surface area contributed by atoms with Crippen molar-refractivity contribution >= 4 is 22.7 Å². The number of aromatic nitrogens is 2. The Bertz CT molecular complexity index is 1050. The highest BCUT2D eigenvalue weighted by Crippen LogP contribution is 2.36. The van der Waals surface area contributed by atoms with Crippen LogP contribution in [-0.4, -0.2) is 16.6 Å². The highest BCUT2D eigenvalue weighted by molar-refractivity contribution is 7.21. The molecule has 4 aromatic rings. The molecule has 27 heavy (non-hydrogen) atoms. The molecule has 3 nitrogen and oxygen atoms in total. The number of rotatable bonds is 5. The zero-order valence-electron chi connectivity index (χ0n) is 15.5. The number of aryl methyl sites for hydroxylation is 2. The molecule has 0 fully saturated rings. The maximum absolute atomic E-state index is 5.51. The topological polar surface area (TPSA) is 35.0 Å². The number of benzene rings is 2. The van der Waals surface area contributed by atoms with E-state index >= 15 is 0 Å². The van der Waals surface area contributed by atoms with Crippen LogP contribution in [-0.2, 0) is 0 Å². The Morgan fingerprint density at radius 2 is 1.56 bits per heavy atom. The first-order valence-electron chi connectivity index (χ1n) is 8.87. The predicted molar refractivity (Wildman–Crippen MR) is 115 cm³/mol. The van der Waals surface area contributed by atoms with Gasteiger partial charge in [-0.05, 0) is 45.0 Å². The summed E-state index contributed by atoms with van der Waals surface area (Å²) in [6, 6.07) is 16.6. The van der Waals surface area contributed by atoms with Crippen LogP contribution in [0.2, 0.25) is 0 Å². The molecule has 0 aliphatic heterocycles. The third-order valence-corrected chi connectivity index (χ3v) is 6.23. The summed E-state index contributed by atoms with van der Waals surface area (Å²) >= 11 is 3.34. The fourth-order valence-electron chi connectivity index (χ4n) is 2.86. The molecule has 0 saturated carbocycles. The average molecular weight is 393 g/mol. The first kappa shape index (κ1) is 17.9. The minimum Gasteiger partial charge on any atom is -0.494 e. The van der Waals surface area contributed by atoms with Crippen molar-refractivity contribution in [1.82, 2.24) is 9.97 Å². The van der Waals surface area contributed by atoms with E-state index in [0.29, 0.717) is 6.61 Å². The van der Waals surface area contributed by atoms with Gasteiger partial charge in [0.25, 0.3) is 0 Å². The summed E-state index contributed by atoms with van der Waals surface area (Å²) in [6.45, 7) is 6.88. The van der Waals surface area contributed by atoms with Gasteiger partial charge in [0.15, 0.2) is 10.0 Å². The van der Waals surface area contributed by atoms with Gasteiger partial charge in [-0.25, -0.2) is 9.97 Å². The highest BCUT2D eigenvalue weighted by Gasteiger charge is 2.14. The van der Waals surface area contributed by atoms with Crippen molar-refractivity contribution in [3.63, 3.8) is 0 Å². The van der Waals surface area contributed by atoms with Gasteiger partial charge in [0.1, 0.15) is 5.75 Å². The molecule has 5 heteroatoms. The Labute approximate surface area is 167 Å². The molecule has 2 heterocycles. The van der Waals surface area contributed by atoms with Crippen molar-refractivity contribution in [2.75, 3.05) is 6.61 Å². The lowest BCUT2D eigenvalue weighted by atomic mass is 10.1. The van der Waals surface area contributed by atoms with E-state index in [4.69, 9.17) is 14.7 Å². The summed E-state index contributed by atoms with van der Waals surface area (Å²) in [6.07, 6.45) is 0. The van der Waals surface area contributed by atoms with Crippen LogP contribution in [0.1, 0.15) is 17.4 Å². The van der Waals surface area contributed by atoms with Crippen molar-refractivity contribution in [2.24, 2.45) is 0 Å². The van der Waals surface area contributed by atoms with Crippen LogP contribution in [0.15, 0.2) is 53.9 Å². The first-order chi connectivity index (χ1) is 13.1. The lowest BCUT2D eigenvalue weighted by molar-refractivity contribution is 0.340. The normalized spacial score (nSPS) is 10.9. The zero-order chi connectivity index (χ0) is 18.8. The molecule has 2 aromatic heterocycles. The SMILES string of the molecule is CCOc1ccc(-c2csc(-c3nc(-c4ccc(C)cc4)c(C)s3)n2)cc1. The molecule has 0 unspecified atom stereocenters. The van der Waals surface area contributed by atoms with Crippen LogP contribution in [0.5, 0.6) is 5.75 Å². The second kappa shape index (κ2) is 7.62. The van der Waals surface area contributed by atoms with Gasteiger partial charge in [0, 0.05) is 21.4 Å². The maximum atomic E-state index is 5.51. The van der Waals surface area contributed by atoms with Gasteiger partial charge in [-0.15, -0.1) is 22.7 Å². The third-order valence-electron chi connectivity index (χ3n) is 4.27. The van der Waals surface area contributed by atoms with Crippen LogP contribution in [0.25, 0.3) is 32.5 Å². The van der Waals surface area contributed by atoms with E-state index in [9.17, 15) is 0 Å². The molecule has 136 valence electrons. The van der Waals surface area contributed by atoms with Crippen molar-refractivity contribution in [3.05, 3.63) is 64.4 Å². The predicted octanol–water partition coefficient (Wildman–Crippen LogP) is 6.62. The van der Waals surface area contributed by atoms with Gasteiger partial charge in [-0.3, -0.25) is 0 Å². The summed E-state index contributed by atoms with van der Waals surface area (Å²) in [5.74, 6) is 0.884. The molecule has 0 aliphatic rings. The van der Waals surface area contributed by atoms with E-state index in [2.05, 4.69) is 55.6 Å². The molecule has 0 bridgehead atoms. The summed E-state index contributed by atoms with van der Waals surface area (Å²) < 4.78 is 5.51. The number of thiazole rings is 2. The van der Waals surface area contributed by atoms with Crippen molar-refractivity contribution < 1.29 is 4.74 Å². The molecule has 2 aromatic carbocycles. The van der Waals surface area contributed by atoms with E-state index in [1.54, 1.807) is 22.7 Å². The third kappa shape index (κ3) is 3.80. The van der Waals surface area contributed by atoms with Crippen LogP contribution in [0.4, 0.5) is 0 Å². The fraction of sp³-hybridized carbons (Fsp3) is 0.182. The summed E-state index contributed by atoms with van der Waals surface area (Å²) in [7, 11) is 0. The molecular weight excluding hydrogens is 372 g/mol. The second-order valence-corrected chi connectivity index (χ2v) is 8.35. The number of hydrogen-bond acceptors (Lipinski definition) is 5. The monoisotopic (exact) mass is 392 g/mol. The van der Waals surface area contributed by atoms with Gasteiger partial charge in [0.05, 0.1) is 18.0 Å². The number of hydrogen-bond donors (Lipinski definition) is 0. The van der Waals surface area contributed by atoms with E-state index < -0.39 is 0 Å². The highest BCUT2D eigenvalue weighted by atomic mass is 32.1. The second-order valence-electron chi connectivity index (χ2n) is 6.29. The molecule has 0 spiro atoms.